The van der Waals surface area contributed by atoms with Crippen LogP contribution < -0.4 is 11.1 Å². The number of rotatable bonds is 3. The number of carbonyl (C=O) groups excluding carboxylic acids is 1. The van der Waals surface area contributed by atoms with Gasteiger partial charge in [0.25, 0.3) is 5.91 Å². The molecule has 1 aliphatic carbocycles. The Hall–Kier alpha value is -1.30. The number of amides is 1. The summed E-state index contributed by atoms with van der Waals surface area (Å²) >= 11 is 1.39. The zero-order chi connectivity index (χ0) is 14.8. The van der Waals surface area contributed by atoms with E-state index >= 15 is 0 Å². The van der Waals surface area contributed by atoms with E-state index < -0.39 is 0 Å². The number of nitrogens with two attached hydrogens (primary N) is 1. The van der Waals surface area contributed by atoms with E-state index in [1.807, 2.05) is 6.92 Å². The van der Waals surface area contributed by atoms with Crippen molar-refractivity contribution in [3.63, 3.8) is 0 Å². The van der Waals surface area contributed by atoms with Gasteiger partial charge in [0.2, 0.25) is 0 Å². The van der Waals surface area contributed by atoms with Crippen molar-refractivity contribution in [3.05, 3.63) is 4.88 Å². The molecule has 1 saturated heterocycles. The molecule has 2 aliphatic rings. The maximum Gasteiger partial charge on any atom is 0.268 e. The first-order chi connectivity index (χ1) is 10.2. The Kier molecular flexibility index (Phi) is 4.33. The fourth-order valence-corrected chi connectivity index (χ4v) is 4.63. The van der Waals surface area contributed by atoms with Crippen molar-refractivity contribution in [2.45, 2.75) is 51.5 Å². The number of fused-ring (bicyclic) bond motifs is 1. The van der Waals surface area contributed by atoms with Gasteiger partial charge in [0.15, 0.2) is 5.13 Å². The van der Waals surface area contributed by atoms with Gasteiger partial charge < -0.3 is 16.0 Å². The third-order valence-electron chi connectivity index (χ3n) is 4.68. The van der Waals surface area contributed by atoms with Crippen LogP contribution in [0.15, 0.2) is 0 Å². The number of carbonyl (C=O) groups is 1. The standard InChI is InChI=1S/C15H24N4OS/c1-2-17-15-18-13(16)12(21-15)14(20)19-9-5-7-10-6-3-4-8-11(10)19/h10-11H,2-9,16H2,1H3,(H,17,18)/t10-,11-/m1/s1. The molecule has 5 nitrogen and oxygen atoms in total. The maximum absolute atomic E-state index is 12.9. The number of hydrogen-bond acceptors (Lipinski definition) is 5. The van der Waals surface area contributed by atoms with Crippen LogP contribution in [0.5, 0.6) is 0 Å². The van der Waals surface area contributed by atoms with Crippen LogP contribution in [0.25, 0.3) is 0 Å². The van der Waals surface area contributed by atoms with Crippen molar-refractivity contribution in [2.75, 3.05) is 24.1 Å². The second kappa shape index (κ2) is 6.22. The van der Waals surface area contributed by atoms with Gasteiger partial charge in [-0.3, -0.25) is 4.79 Å². The zero-order valence-corrected chi connectivity index (χ0v) is 13.4. The summed E-state index contributed by atoms with van der Waals surface area (Å²) in [7, 11) is 0. The number of thiazole rings is 1. The minimum atomic E-state index is 0.0887. The number of hydrogen-bond donors (Lipinski definition) is 2. The zero-order valence-electron chi connectivity index (χ0n) is 12.6. The molecule has 0 bridgehead atoms. The third-order valence-corrected chi connectivity index (χ3v) is 5.70. The van der Waals surface area contributed by atoms with Crippen LogP contribution in [-0.2, 0) is 0 Å². The van der Waals surface area contributed by atoms with E-state index in [-0.39, 0.29) is 5.91 Å². The lowest BCUT2D eigenvalue weighted by Crippen LogP contribution is -2.49. The molecule has 0 radical (unpaired) electrons. The molecule has 116 valence electrons. The van der Waals surface area contributed by atoms with Crippen molar-refractivity contribution >= 4 is 28.2 Å². The first-order valence-corrected chi connectivity index (χ1v) is 8.83. The molecule has 1 aromatic heterocycles. The summed E-state index contributed by atoms with van der Waals surface area (Å²) in [5, 5.41) is 3.89. The molecule has 6 heteroatoms. The number of likely N-dealkylation sites (tertiary alicyclic amines) is 1. The average Bonchev–Trinajstić information content (AvgIpc) is 2.87. The number of nitrogens with zero attached hydrogens (tertiary/aromatic N) is 2. The van der Waals surface area contributed by atoms with E-state index in [2.05, 4.69) is 15.2 Å². The molecular weight excluding hydrogens is 284 g/mol. The third kappa shape index (κ3) is 2.86. The highest BCUT2D eigenvalue weighted by Gasteiger charge is 2.37. The molecule has 2 fully saturated rings. The van der Waals surface area contributed by atoms with Crippen molar-refractivity contribution in [1.82, 2.24) is 9.88 Å². The van der Waals surface area contributed by atoms with Gasteiger partial charge >= 0.3 is 0 Å². The largest absolute Gasteiger partial charge is 0.382 e. The highest BCUT2D eigenvalue weighted by Crippen LogP contribution is 2.37. The van der Waals surface area contributed by atoms with Crippen LogP contribution in [0.1, 0.15) is 55.1 Å². The summed E-state index contributed by atoms with van der Waals surface area (Å²) in [6.07, 6.45) is 7.37. The number of nitrogen functional groups attached to an aromatic ring is 1. The van der Waals surface area contributed by atoms with E-state index in [4.69, 9.17) is 5.73 Å². The Labute approximate surface area is 129 Å². The van der Waals surface area contributed by atoms with Gasteiger partial charge in [-0.1, -0.05) is 24.2 Å². The molecule has 0 unspecified atom stereocenters. The molecule has 0 aromatic carbocycles. The molecule has 3 rings (SSSR count). The van der Waals surface area contributed by atoms with Crippen LogP contribution in [0.3, 0.4) is 0 Å². The topological polar surface area (TPSA) is 71.2 Å². The van der Waals surface area contributed by atoms with Crippen LogP contribution in [0, 0.1) is 5.92 Å². The molecule has 1 saturated carbocycles. The summed E-state index contributed by atoms with van der Waals surface area (Å²) in [6.45, 7) is 3.67. The van der Waals surface area contributed by atoms with Crippen LogP contribution >= 0.6 is 11.3 Å². The molecule has 1 aromatic rings. The van der Waals surface area contributed by atoms with E-state index in [1.54, 1.807) is 0 Å². The van der Waals surface area contributed by atoms with Gasteiger partial charge in [0.1, 0.15) is 10.7 Å². The molecule has 0 spiro atoms. The molecule has 21 heavy (non-hydrogen) atoms. The van der Waals surface area contributed by atoms with E-state index in [0.29, 0.717) is 22.7 Å². The smallest absolute Gasteiger partial charge is 0.268 e. The summed E-state index contributed by atoms with van der Waals surface area (Å²) in [5.41, 5.74) is 5.96. The lowest BCUT2D eigenvalue weighted by atomic mass is 9.78. The van der Waals surface area contributed by atoms with Crippen LogP contribution in [-0.4, -0.2) is 34.9 Å². The van der Waals surface area contributed by atoms with Crippen molar-refractivity contribution in [1.29, 1.82) is 0 Å². The molecule has 2 atom stereocenters. The summed E-state index contributed by atoms with van der Waals surface area (Å²) in [4.78, 5) is 19.8. The highest BCUT2D eigenvalue weighted by molar-refractivity contribution is 7.18. The summed E-state index contributed by atoms with van der Waals surface area (Å²) in [6, 6.07) is 0.420. The van der Waals surface area contributed by atoms with Gasteiger partial charge in [0, 0.05) is 19.1 Å². The second-order valence-corrected chi connectivity index (χ2v) is 7.02. The first-order valence-electron chi connectivity index (χ1n) is 8.02. The first kappa shape index (κ1) is 14.6. The predicted octanol–water partition coefficient (Wildman–Crippen LogP) is 2.95. The van der Waals surface area contributed by atoms with Gasteiger partial charge in [-0.15, -0.1) is 0 Å². The van der Waals surface area contributed by atoms with Crippen LogP contribution in [0.4, 0.5) is 10.9 Å². The van der Waals surface area contributed by atoms with Gasteiger partial charge in [-0.05, 0) is 38.5 Å². The minimum absolute atomic E-state index is 0.0887. The van der Waals surface area contributed by atoms with Crippen molar-refractivity contribution in [3.8, 4) is 0 Å². The normalized spacial score (nSPS) is 25.5. The molecule has 3 N–H and O–H groups in total. The number of piperidine rings is 1. The summed E-state index contributed by atoms with van der Waals surface area (Å²) < 4.78 is 0. The Balaban J connectivity index is 1.80. The van der Waals surface area contributed by atoms with Crippen molar-refractivity contribution < 1.29 is 4.79 Å². The fourth-order valence-electron chi connectivity index (χ4n) is 3.72. The molecule has 1 aliphatic heterocycles. The molecular formula is C15H24N4OS. The molecule has 2 heterocycles. The van der Waals surface area contributed by atoms with E-state index in [1.165, 1.54) is 37.0 Å². The average molecular weight is 308 g/mol. The maximum atomic E-state index is 12.9. The van der Waals surface area contributed by atoms with E-state index in [0.717, 1.165) is 31.1 Å². The van der Waals surface area contributed by atoms with Gasteiger partial charge in [-0.25, -0.2) is 4.98 Å². The van der Waals surface area contributed by atoms with Crippen molar-refractivity contribution in [2.24, 2.45) is 5.92 Å². The van der Waals surface area contributed by atoms with E-state index in [9.17, 15) is 4.79 Å². The Morgan fingerprint density at radius 1 is 1.38 bits per heavy atom. The highest BCUT2D eigenvalue weighted by atomic mass is 32.1. The quantitative estimate of drug-likeness (QED) is 0.900. The summed E-state index contributed by atoms with van der Waals surface area (Å²) in [5.74, 6) is 1.16. The number of aromatic nitrogens is 1. The second-order valence-electron chi connectivity index (χ2n) is 6.02. The fraction of sp³-hybridized carbons (Fsp3) is 0.733. The number of nitrogens with one attached hydrogen (secondary N) is 1. The predicted molar refractivity (Wildman–Crippen MR) is 86.7 cm³/mol. The SMILES string of the molecule is CCNc1nc(N)c(C(=O)N2CCC[C@H]3CCCC[C@H]32)s1. The molecule has 1 amide bonds. The van der Waals surface area contributed by atoms with Gasteiger partial charge in [-0.2, -0.15) is 0 Å². The number of anilines is 2. The lowest BCUT2D eigenvalue weighted by Gasteiger charge is -2.44. The lowest BCUT2D eigenvalue weighted by molar-refractivity contribution is 0.0396. The minimum Gasteiger partial charge on any atom is -0.382 e. The van der Waals surface area contributed by atoms with Gasteiger partial charge in [0.05, 0.1) is 0 Å². The van der Waals surface area contributed by atoms with Crippen LogP contribution in [0.2, 0.25) is 0 Å². The monoisotopic (exact) mass is 308 g/mol. The Morgan fingerprint density at radius 3 is 2.95 bits per heavy atom. The Morgan fingerprint density at radius 2 is 2.14 bits per heavy atom. The Bertz CT molecular complexity index is 514.